The quantitative estimate of drug-likeness (QED) is 0.563. The molecule has 0 aliphatic rings. The third-order valence-electron chi connectivity index (χ3n) is 4.04. The molecule has 3 aromatic rings. The Bertz CT molecular complexity index is 960. The highest BCUT2D eigenvalue weighted by atomic mass is 19.4. The lowest BCUT2D eigenvalue weighted by Crippen LogP contribution is -2.22. The number of benzene rings is 3. The lowest BCUT2D eigenvalue weighted by molar-refractivity contribution is -0.137. The highest BCUT2D eigenvalue weighted by molar-refractivity contribution is 5.95. The van der Waals surface area contributed by atoms with Gasteiger partial charge in [0.1, 0.15) is 12.4 Å². The Morgan fingerprint density at radius 2 is 1.62 bits per heavy atom. The van der Waals surface area contributed by atoms with Crippen LogP contribution >= 0.6 is 0 Å². The van der Waals surface area contributed by atoms with Gasteiger partial charge in [0.2, 0.25) is 5.91 Å². The molecule has 0 saturated heterocycles. The predicted molar refractivity (Wildman–Crippen MR) is 106 cm³/mol. The molecule has 0 fully saturated rings. The number of hydrogen-bond donors (Lipinski definition) is 2. The van der Waals surface area contributed by atoms with Crippen LogP contribution in [0, 0.1) is 0 Å². The highest BCUT2D eigenvalue weighted by Crippen LogP contribution is 2.30. The Morgan fingerprint density at radius 1 is 0.897 bits per heavy atom. The van der Waals surface area contributed by atoms with Gasteiger partial charge in [0.15, 0.2) is 0 Å². The van der Waals surface area contributed by atoms with Crippen molar-refractivity contribution in [3.05, 3.63) is 90.0 Å². The molecule has 2 N–H and O–H groups in total. The van der Waals surface area contributed by atoms with Gasteiger partial charge in [-0.2, -0.15) is 13.2 Å². The lowest BCUT2D eigenvalue weighted by atomic mass is 10.2. The number of alkyl halides is 3. The van der Waals surface area contributed by atoms with Crippen LogP contribution in [-0.4, -0.2) is 12.5 Å². The van der Waals surface area contributed by atoms with E-state index in [2.05, 4.69) is 10.6 Å². The topological polar surface area (TPSA) is 50.4 Å². The summed E-state index contributed by atoms with van der Waals surface area (Å²) < 4.78 is 44.1. The number of carbonyl (C=O) groups is 1. The summed E-state index contributed by atoms with van der Waals surface area (Å²) in [6, 6.07) is 21.3. The molecule has 0 atom stereocenters. The minimum absolute atomic E-state index is 0.186. The van der Waals surface area contributed by atoms with Crippen LogP contribution in [-0.2, 0) is 17.6 Å². The van der Waals surface area contributed by atoms with Gasteiger partial charge in [-0.1, -0.05) is 48.5 Å². The Balaban J connectivity index is 1.58. The molecule has 0 saturated carbocycles. The average molecular weight is 400 g/mol. The van der Waals surface area contributed by atoms with Crippen LogP contribution in [0.25, 0.3) is 0 Å². The molecule has 7 heteroatoms. The summed E-state index contributed by atoms with van der Waals surface area (Å²) in [7, 11) is 0. The second kappa shape index (κ2) is 9.14. The summed E-state index contributed by atoms with van der Waals surface area (Å²) in [6.45, 7) is 0.157. The molecule has 0 aliphatic carbocycles. The SMILES string of the molecule is O=C(CNc1cccc(C(F)(F)F)c1)Nc1ccccc1OCc1ccccc1. The Labute approximate surface area is 166 Å². The van der Waals surface area contributed by atoms with Crippen molar-refractivity contribution in [2.24, 2.45) is 0 Å². The van der Waals surface area contributed by atoms with Crippen molar-refractivity contribution in [2.45, 2.75) is 12.8 Å². The predicted octanol–water partition coefficient (Wildman–Crippen LogP) is 5.34. The molecular formula is C22H19F3N2O2. The molecule has 0 radical (unpaired) electrons. The fraction of sp³-hybridized carbons (Fsp3) is 0.136. The van der Waals surface area contributed by atoms with Crippen LogP contribution in [0.5, 0.6) is 5.75 Å². The zero-order valence-corrected chi connectivity index (χ0v) is 15.4. The van der Waals surface area contributed by atoms with Crippen molar-refractivity contribution in [3.63, 3.8) is 0 Å². The van der Waals surface area contributed by atoms with Crippen molar-refractivity contribution in [1.29, 1.82) is 0 Å². The number of rotatable bonds is 7. The number of para-hydroxylation sites is 2. The van der Waals surface area contributed by atoms with Gasteiger partial charge >= 0.3 is 6.18 Å². The molecule has 1 amide bonds. The number of anilines is 2. The molecule has 4 nitrogen and oxygen atoms in total. The maximum Gasteiger partial charge on any atom is 0.416 e. The van der Waals surface area contributed by atoms with E-state index in [1.165, 1.54) is 12.1 Å². The summed E-state index contributed by atoms with van der Waals surface area (Å²) in [5.41, 5.74) is 0.908. The molecular weight excluding hydrogens is 381 g/mol. The summed E-state index contributed by atoms with van der Waals surface area (Å²) in [4.78, 5) is 12.2. The van der Waals surface area contributed by atoms with Gasteiger partial charge in [0.05, 0.1) is 17.8 Å². The van der Waals surface area contributed by atoms with Crippen molar-refractivity contribution in [1.82, 2.24) is 0 Å². The van der Waals surface area contributed by atoms with Crippen LogP contribution in [0.1, 0.15) is 11.1 Å². The maximum atomic E-state index is 12.8. The number of carbonyl (C=O) groups excluding carboxylic acids is 1. The van der Waals surface area contributed by atoms with Crippen molar-refractivity contribution in [2.75, 3.05) is 17.2 Å². The third kappa shape index (κ3) is 6.00. The Morgan fingerprint density at radius 3 is 2.38 bits per heavy atom. The van der Waals surface area contributed by atoms with Crippen molar-refractivity contribution < 1.29 is 22.7 Å². The second-order valence-electron chi connectivity index (χ2n) is 6.25. The molecule has 3 rings (SSSR count). The minimum atomic E-state index is -4.44. The van der Waals surface area contributed by atoms with Crippen LogP contribution in [0.3, 0.4) is 0 Å². The molecule has 0 heterocycles. The van der Waals surface area contributed by atoms with Crippen molar-refractivity contribution in [3.8, 4) is 5.75 Å². The molecule has 0 unspecified atom stereocenters. The first kappa shape index (κ1) is 20.3. The third-order valence-corrected chi connectivity index (χ3v) is 4.04. The van der Waals surface area contributed by atoms with Gasteiger partial charge in [-0.3, -0.25) is 4.79 Å². The molecule has 3 aromatic carbocycles. The number of halogens is 3. The number of nitrogens with one attached hydrogen (secondary N) is 2. The molecule has 29 heavy (non-hydrogen) atoms. The molecule has 0 aromatic heterocycles. The fourth-order valence-electron chi connectivity index (χ4n) is 2.61. The monoisotopic (exact) mass is 400 g/mol. The number of amides is 1. The van der Waals surface area contributed by atoms with Gasteiger partial charge in [0, 0.05) is 5.69 Å². The molecule has 0 aliphatic heterocycles. The van der Waals surface area contributed by atoms with E-state index in [0.717, 1.165) is 17.7 Å². The zero-order chi connectivity index (χ0) is 20.7. The number of ether oxygens (including phenoxy) is 1. The van der Waals surface area contributed by atoms with Crippen LogP contribution in [0.4, 0.5) is 24.5 Å². The van der Waals surface area contributed by atoms with Crippen LogP contribution in [0.15, 0.2) is 78.9 Å². The molecule has 150 valence electrons. The lowest BCUT2D eigenvalue weighted by Gasteiger charge is -2.14. The Kier molecular flexibility index (Phi) is 6.39. The van der Waals surface area contributed by atoms with E-state index in [1.807, 2.05) is 30.3 Å². The smallest absolute Gasteiger partial charge is 0.416 e. The van der Waals surface area contributed by atoms with Crippen LogP contribution in [0.2, 0.25) is 0 Å². The van der Waals surface area contributed by atoms with Gasteiger partial charge in [-0.05, 0) is 35.9 Å². The molecule has 0 bridgehead atoms. The van der Waals surface area contributed by atoms with E-state index in [4.69, 9.17) is 4.74 Å². The fourth-order valence-corrected chi connectivity index (χ4v) is 2.61. The normalized spacial score (nSPS) is 11.0. The van der Waals surface area contributed by atoms with Gasteiger partial charge in [-0.25, -0.2) is 0 Å². The van der Waals surface area contributed by atoms with Crippen LogP contribution < -0.4 is 15.4 Å². The summed E-state index contributed by atoms with van der Waals surface area (Å²) in [5.74, 6) is 0.0990. The van der Waals surface area contributed by atoms with E-state index in [9.17, 15) is 18.0 Å². The highest BCUT2D eigenvalue weighted by Gasteiger charge is 2.30. The first-order chi connectivity index (χ1) is 13.9. The van der Waals surface area contributed by atoms with Gasteiger partial charge in [0.25, 0.3) is 0 Å². The van der Waals surface area contributed by atoms with E-state index in [0.29, 0.717) is 18.0 Å². The maximum absolute atomic E-state index is 12.8. The number of hydrogen-bond acceptors (Lipinski definition) is 3. The molecule has 0 spiro atoms. The first-order valence-corrected chi connectivity index (χ1v) is 8.88. The van der Waals surface area contributed by atoms with E-state index >= 15 is 0 Å². The van der Waals surface area contributed by atoms with E-state index in [-0.39, 0.29) is 12.2 Å². The largest absolute Gasteiger partial charge is 0.487 e. The summed E-state index contributed by atoms with van der Waals surface area (Å²) >= 11 is 0. The Hall–Kier alpha value is -3.48. The van der Waals surface area contributed by atoms with Gasteiger partial charge < -0.3 is 15.4 Å². The second-order valence-corrected chi connectivity index (χ2v) is 6.25. The van der Waals surface area contributed by atoms with E-state index < -0.39 is 17.6 Å². The summed E-state index contributed by atoms with van der Waals surface area (Å²) in [5, 5.41) is 5.41. The minimum Gasteiger partial charge on any atom is -0.487 e. The standard InChI is InChI=1S/C22H19F3N2O2/c23-22(24,25)17-9-6-10-18(13-17)26-14-21(28)27-19-11-4-5-12-20(19)29-15-16-7-2-1-3-8-16/h1-13,26H,14-15H2,(H,27,28). The van der Waals surface area contributed by atoms with Gasteiger partial charge in [-0.15, -0.1) is 0 Å². The zero-order valence-electron chi connectivity index (χ0n) is 15.4. The average Bonchev–Trinajstić information content (AvgIpc) is 2.72. The van der Waals surface area contributed by atoms with Crippen molar-refractivity contribution >= 4 is 17.3 Å². The van der Waals surface area contributed by atoms with E-state index in [1.54, 1.807) is 24.3 Å². The summed E-state index contributed by atoms with van der Waals surface area (Å²) in [6.07, 6.45) is -4.44. The first-order valence-electron chi connectivity index (χ1n) is 8.88.